The molecule has 0 unspecified atom stereocenters. The first-order valence-corrected chi connectivity index (χ1v) is 7.03. The van der Waals surface area contributed by atoms with Crippen LogP contribution in [0.15, 0.2) is 40.9 Å². The lowest BCUT2D eigenvalue weighted by molar-refractivity contribution is 0.410. The van der Waals surface area contributed by atoms with Gasteiger partial charge in [-0.2, -0.15) is 0 Å². The molecule has 2 nitrogen and oxygen atoms in total. The minimum Gasteiger partial charge on any atom is -0.496 e. The highest BCUT2D eigenvalue weighted by Crippen LogP contribution is 2.25. The van der Waals surface area contributed by atoms with E-state index in [1.807, 2.05) is 12.1 Å². The predicted octanol–water partition coefficient (Wildman–Crippen LogP) is 4.69. The average molecular weight is 320 g/mol. The highest BCUT2D eigenvalue weighted by atomic mass is 79.9. The van der Waals surface area contributed by atoms with Gasteiger partial charge in [0.1, 0.15) is 5.75 Å². The van der Waals surface area contributed by atoms with Gasteiger partial charge >= 0.3 is 0 Å². The maximum Gasteiger partial charge on any atom is 0.123 e. The summed E-state index contributed by atoms with van der Waals surface area (Å²) in [6.45, 7) is 4.98. The molecule has 1 N–H and O–H groups in total. The Morgan fingerprint density at radius 1 is 1.11 bits per heavy atom. The zero-order chi connectivity index (χ0) is 13.8. The summed E-state index contributed by atoms with van der Waals surface area (Å²) < 4.78 is 6.45. The average Bonchev–Trinajstić information content (AvgIpc) is 2.38. The molecule has 3 heteroatoms. The summed E-state index contributed by atoms with van der Waals surface area (Å²) >= 11 is 3.50. The van der Waals surface area contributed by atoms with E-state index in [9.17, 15) is 0 Å². The number of para-hydroxylation sites is 1. The summed E-state index contributed by atoms with van der Waals surface area (Å²) in [5, 5.41) is 3.50. The number of methoxy groups -OCH3 is 1. The van der Waals surface area contributed by atoms with Gasteiger partial charge in [0.05, 0.1) is 7.11 Å². The Morgan fingerprint density at radius 2 is 1.79 bits per heavy atom. The van der Waals surface area contributed by atoms with E-state index in [1.165, 1.54) is 16.8 Å². The monoisotopic (exact) mass is 319 g/mol. The van der Waals surface area contributed by atoms with Crippen molar-refractivity contribution in [2.75, 3.05) is 12.4 Å². The van der Waals surface area contributed by atoms with Crippen LogP contribution in [-0.2, 0) is 6.54 Å². The fraction of sp³-hybridized carbons (Fsp3) is 0.250. The molecule has 0 aliphatic heterocycles. The van der Waals surface area contributed by atoms with Crippen molar-refractivity contribution in [1.29, 1.82) is 0 Å². The molecule has 2 rings (SSSR count). The van der Waals surface area contributed by atoms with Crippen LogP contribution in [-0.4, -0.2) is 7.11 Å². The lowest BCUT2D eigenvalue weighted by atomic mass is 10.1. The Labute approximate surface area is 122 Å². The van der Waals surface area contributed by atoms with Gasteiger partial charge in [0.15, 0.2) is 0 Å². The van der Waals surface area contributed by atoms with Gasteiger partial charge in [0.2, 0.25) is 0 Å². The van der Waals surface area contributed by atoms with Crippen molar-refractivity contribution in [3.8, 4) is 5.75 Å². The van der Waals surface area contributed by atoms with E-state index in [1.54, 1.807) is 7.11 Å². The largest absolute Gasteiger partial charge is 0.496 e. The van der Waals surface area contributed by atoms with Crippen molar-refractivity contribution < 1.29 is 4.74 Å². The van der Waals surface area contributed by atoms with Crippen LogP contribution in [0.1, 0.15) is 16.7 Å². The van der Waals surface area contributed by atoms with E-state index >= 15 is 0 Å². The van der Waals surface area contributed by atoms with Gasteiger partial charge in [-0.15, -0.1) is 0 Å². The zero-order valence-corrected chi connectivity index (χ0v) is 13.0. The highest BCUT2D eigenvalue weighted by molar-refractivity contribution is 9.10. The third kappa shape index (κ3) is 3.29. The summed E-state index contributed by atoms with van der Waals surface area (Å²) in [5.74, 6) is 0.905. The second-order valence-corrected chi connectivity index (χ2v) is 5.49. The van der Waals surface area contributed by atoms with E-state index in [0.717, 1.165) is 22.3 Å². The van der Waals surface area contributed by atoms with Crippen LogP contribution >= 0.6 is 15.9 Å². The number of benzene rings is 2. The molecule has 0 aliphatic carbocycles. The number of hydrogen-bond acceptors (Lipinski definition) is 2. The SMILES string of the molecule is COc1ccc(Br)cc1CNc1c(C)cccc1C. The minimum atomic E-state index is 0.744. The summed E-state index contributed by atoms with van der Waals surface area (Å²) in [7, 11) is 1.70. The molecular weight excluding hydrogens is 302 g/mol. The first-order chi connectivity index (χ1) is 9.11. The third-order valence-corrected chi connectivity index (χ3v) is 3.67. The van der Waals surface area contributed by atoms with Crippen LogP contribution in [0, 0.1) is 13.8 Å². The summed E-state index contributed by atoms with van der Waals surface area (Å²) in [6, 6.07) is 12.4. The Morgan fingerprint density at radius 3 is 2.42 bits per heavy atom. The van der Waals surface area contributed by atoms with E-state index in [0.29, 0.717) is 0 Å². The normalized spacial score (nSPS) is 10.3. The van der Waals surface area contributed by atoms with Crippen LogP contribution in [0.2, 0.25) is 0 Å². The molecule has 19 heavy (non-hydrogen) atoms. The molecule has 100 valence electrons. The van der Waals surface area contributed by atoms with Crippen molar-refractivity contribution in [2.45, 2.75) is 20.4 Å². The van der Waals surface area contributed by atoms with Crippen LogP contribution in [0.4, 0.5) is 5.69 Å². The molecule has 0 aromatic heterocycles. The van der Waals surface area contributed by atoms with Gasteiger partial charge in [0, 0.05) is 22.3 Å². The molecule has 0 radical (unpaired) electrons. The quantitative estimate of drug-likeness (QED) is 0.883. The number of halogens is 1. The van der Waals surface area contributed by atoms with E-state index < -0.39 is 0 Å². The third-order valence-electron chi connectivity index (χ3n) is 3.18. The molecule has 0 saturated heterocycles. The molecule has 0 bridgehead atoms. The second-order valence-electron chi connectivity index (χ2n) is 4.58. The number of anilines is 1. The van der Waals surface area contributed by atoms with Gasteiger partial charge < -0.3 is 10.1 Å². The Bertz CT molecular complexity index is 561. The molecule has 0 saturated carbocycles. The van der Waals surface area contributed by atoms with Crippen LogP contribution in [0.25, 0.3) is 0 Å². The number of nitrogens with one attached hydrogen (secondary N) is 1. The van der Waals surface area contributed by atoms with Crippen molar-refractivity contribution in [2.24, 2.45) is 0 Å². The van der Waals surface area contributed by atoms with Crippen LogP contribution in [0.5, 0.6) is 5.75 Å². The fourth-order valence-electron chi connectivity index (χ4n) is 2.16. The maximum absolute atomic E-state index is 5.39. The molecule has 0 spiro atoms. The van der Waals surface area contributed by atoms with Crippen LogP contribution < -0.4 is 10.1 Å². The minimum absolute atomic E-state index is 0.744. The van der Waals surface area contributed by atoms with Crippen molar-refractivity contribution in [3.05, 3.63) is 57.6 Å². The molecule has 0 heterocycles. The van der Waals surface area contributed by atoms with Crippen molar-refractivity contribution in [3.63, 3.8) is 0 Å². The summed E-state index contributed by atoms with van der Waals surface area (Å²) in [6.07, 6.45) is 0. The maximum atomic E-state index is 5.39. The molecule has 0 atom stereocenters. The number of ether oxygens (including phenoxy) is 1. The second kappa shape index (κ2) is 6.11. The van der Waals surface area contributed by atoms with E-state index in [4.69, 9.17) is 4.74 Å². The molecule has 2 aromatic carbocycles. The predicted molar refractivity (Wildman–Crippen MR) is 83.9 cm³/mol. The fourth-order valence-corrected chi connectivity index (χ4v) is 2.57. The van der Waals surface area contributed by atoms with Gasteiger partial charge in [-0.25, -0.2) is 0 Å². The number of hydrogen-bond donors (Lipinski definition) is 1. The first kappa shape index (κ1) is 13.9. The van der Waals surface area contributed by atoms with Gasteiger partial charge in [-0.3, -0.25) is 0 Å². The van der Waals surface area contributed by atoms with E-state index in [2.05, 4.69) is 59.4 Å². The smallest absolute Gasteiger partial charge is 0.123 e. The van der Waals surface area contributed by atoms with Crippen molar-refractivity contribution >= 4 is 21.6 Å². The Balaban J connectivity index is 2.21. The topological polar surface area (TPSA) is 21.3 Å². The Hall–Kier alpha value is -1.48. The zero-order valence-electron chi connectivity index (χ0n) is 11.5. The molecule has 2 aromatic rings. The Kier molecular flexibility index (Phi) is 4.48. The lowest BCUT2D eigenvalue weighted by Crippen LogP contribution is -2.04. The van der Waals surface area contributed by atoms with Crippen LogP contribution in [0.3, 0.4) is 0 Å². The molecule has 0 fully saturated rings. The lowest BCUT2D eigenvalue weighted by Gasteiger charge is -2.14. The number of aryl methyl sites for hydroxylation is 2. The standard InChI is InChI=1S/C16H18BrNO/c1-11-5-4-6-12(2)16(11)18-10-13-9-14(17)7-8-15(13)19-3/h4-9,18H,10H2,1-3H3. The number of rotatable bonds is 4. The van der Waals surface area contributed by atoms with Crippen molar-refractivity contribution in [1.82, 2.24) is 0 Å². The highest BCUT2D eigenvalue weighted by Gasteiger charge is 2.06. The molecular formula is C16H18BrNO. The molecule has 0 amide bonds. The van der Waals surface area contributed by atoms with Gasteiger partial charge in [-0.1, -0.05) is 34.1 Å². The van der Waals surface area contributed by atoms with Gasteiger partial charge in [-0.05, 0) is 43.2 Å². The first-order valence-electron chi connectivity index (χ1n) is 6.24. The molecule has 0 aliphatic rings. The van der Waals surface area contributed by atoms with Gasteiger partial charge in [0.25, 0.3) is 0 Å². The summed E-state index contributed by atoms with van der Waals surface area (Å²) in [5.41, 5.74) is 4.85. The van der Waals surface area contributed by atoms with E-state index in [-0.39, 0.29) is 0 Å². The summed E-state index contributed by atoms with van der Waals surface area (Å²) in [4.78, 5) is 0.